The summed E-state index contributed by atoms with van der Waals surface area (Å²) in [5, 5.41) is 2.94. The number of carbonyl (C=O) groups is 2. The van der Waals surface area contributed by atoms with E-state index in [9.17, 15) is 9.59 Å². The van der Waals surface area contributed by atoms with Gasteiger partial charge in [-0.3, -0.25) is 20.4 Å². The molecule has 3 N–H and O–H groups in total. The Bertz CT molecular complexity index is 481. The van der Waals surface area contributed by atoms with Crippen LogP contribution in [0.15, 0.2) is 24.3 Å². The largest absolute Gasteiger partial charge is 0.495 e. The van der Waals surface area contributed by atoms with Crippen molar-refractivity contribution in [3.8, 4) is 5.75 Å². The van der Waals surface area contributed by atoms with E-state index in [1.54, 1.807) is 40.0 Å². The minimum absolute atomic E-state index is 0.0325. The van der Waals surface area contributed by atoms with Crippen LogP contribution in [0.2, 0.25) is 0 Å². The van der Waals surface area contributed by atoms with Crippen LogP contribution in [-0.4, -0.2) is 25.5 Å². The van der Waals surface area contributed by atoms with E-state index in [1.807, 2.05) is 12.1 Å². The van der Waals surface area contributed by atoms with Crippen molar-refractivity contribution in [1.29, 1.82) is 0 Å². The third-order valence-corrected chi connectivity index (χ3v) is 2.54. The second-order valence-corrected chi connectivity index (χ2v) is 5.31. The molecule has 6 heteroatoms. The highest BCUT2D eigenvalue weighted by molar-refractivity contribution is 5.86. The molecule has 0 saturated heterocycles. The molecule has 0 radical (unpaired) electrons. The van der Waals surface area contributed by atoms with Crippen LogP contribution < -0.4 is 20.9 Å². The number of methoxy groups -OCH3 is 1. The van der Waals surface area contributed by atoms with Gasteiger partial charge in [-0.15, -0.1) is 0 Å². The lowest BCUT2D eigenvalue weighted by Gasteiger charge is -2.18. The fourth-order valence-electron chi connectivity index (χ4n) is 1.32. The molecule has 0 unspecified atom stereocenters. The zero-order valence-corrected chi connectivity index (χ0v) is 12.2. The first kappa shape index (κ1) is 15.8. The summed E-state index contributed by atoms with van der Waals surface area (Å²) in [6.45, 7) is 5.33. The van der Waals surface area contributed by atoms with Gasteiger partial charge >= 0.3 is 0 Å². The van der Waals surface area contributed by atoms with Crippen molar-refractivity contribution in [1.82, 2.24) is 10.9 Å². The first-order chi connectivity index (χ1) is 9.34. The molecule has 0 bridgehead atoms. The average molecular weight is 279 g/mol. The molecule has 0 aliphatic heterocycles. The number of ether oxygens (including phenoxy) is 1. The lowest BCUT2D eigenvalue weighted by Crippen LogP contribution is -2.48. The molecule has 0 saturated carbocycles. The first-order valence-electron chi connectivity index (χ1n) is 6.31. The number of anilines is 1. The van der Waals surface area contributed by atoms with Crippen LogP contribution in [0.1, 0.15) is 20.8 Å². The predicted molar refractivity (Wildman–Crippen MR) is 77.2 cm³/mol. The fraction of sp³-hybridized carbons (Fsp3) is 0.429. The van der Waals surface area contributed by atoms with Crippen LogP contribution in [0, 0.1) is 5.41 Å². The van der Waals surface area contributed by atoms with E-state index in [0.717, 1.165) is 0 Å². The average Bonchev–Trinajstić information content (AvgIpc) is 2.41. The van der Waals surface area contributed by atoms with Gasteiger partial charge in [-0.25, -0.2) is 0 Å². The summed E-state index contributed by atoms with van der Waals surface area (Å²) in [7, 11) is 1.56. The minimum Gasteiger partial charge on any atom is -0.495 e. The van der Waals surface area contributed by atoms with Gasteiger partial charge in [-0.2, -0.15) is 0 Å². The van der Waals surface area contributed by atoms with Crippen LogP contribution >= 0.6 is 0 Å². The van der Waals surface area contributed by atoms with Crippen molar-refractivity contribution < 1.29 is 14.3 Å². The Morgan fingerprint density at radius 1 is 1.15 bits per heavy atom. The van der Waals surface area contributed by atoms with Crippen molar-refractivity contribution in [2.45, 2.75) is 20.8 Å². The zero-order valence-electron chi connectivity index (χ0n) is 12.2. The molecule has 0 atom stereocenters. The summed E-state index contributed by atoms with van der Waals surface area (Å²) in [6.07, 6.45) is 0. The summed E-state index contributed by atoms with van der Waals surface area (Å²) >= 11 is 0. The number of amides is 2. The normalized spacial score (nSPS) is 10.6. The Kier molecular flexibility index (Phi) is 5.37. The summed E-state index contributed by atoms with van der Waals surface area (Å²) in [5.74, 6) is 0.0654. The number of nitrogens with one attached hydrogen (secondary N) is 3. The smallest absolute Gasteiger partial charge is 0.257 e. The predicted octanol–water partition coefficient (Wildman–Crippen LogP) is 1.30. The fourth-order valence-corrected chi connectivity index (χ4v) is 1.32. The maximum absolute atomic E-state index is 11.6. The molecular weight excluding hydrogens is 258 g/mol. The van der Waals surface area contributed by atoms with E-state index in [0.29, 0.717) is 11.4 Å². The van der Waals surface area contributed by atoms with Crippen LogP contribution in [0.5, 0.6) is 5.75 Å². The van der Waals surface area contributed by atoms with Gasteiger partial charge in [0, 0.05) is 5.41 Å². The molecule has 0 aliphatic carbocycles. The van der Waals surface area contributed by atoms with Gasteiger partial charge in [0.05, 0.1) is 19.3 Å². The zero-order chi connectivity index (χ0) is 15.2. The molecule has 0 fully saturated rings. The Morgan fingerprint density at radius 3 is 2.40 bits per heavy atom. The quantitative estimate of drug-likeness (QED) is 0.726. The minimum atomic E-state index is -0.552. The molecule has 6 nitrogen and oxygen atoms in total. The van der Waals surface area contributed by atoms with Crippen molar-refractivity contribution in [3.05, 3.63) is 24.3 Å². The van der Waals surface area contributed by atoms with E-state index in [1.165, 1.54) is 0 Å². The second kappa shape index (κ2) is 6.79. The molecule has 2 amide bonds. The van der Waals surface area contributed by atoms with Gasteiger partial charge in [-0.05, 0) is 12.1 Å². The number of hydrazine groups is 1. The summed E-state index contributed by atoms with van der Waals surface area (Å²) in [5.41, 5.74) is 4.90. The van der Waals surface area contributed by atoms with Crippen molar-refractivity contribution in [3.63, 3.8) is 0 Å². The maximum Gasteiger partial charge on any atom is 0.257 e. The Morgan fingerprint density at radius 2 is 1.80 bits per heavy atom. The van der Waals surface area contributed by atoms with E-state index < -0.39 is 5.41 Å². The number of para-hydroxylation sites is 2. The standard InChI is InChI=1S/C14H21N3O3/c1-14(2,3)13(19)17-16-12(18)9-15-10-7-5-6-8-11(10)20-4/h5-8,15H,9H2,1-4H3,(H,16,18)(H,17,19). The van der Waals surface area contributed by atoms with Crippen molar-refractivity contribution in [2.24, 2.45) is 5.41 Å². The number of benzene rings is 1. The number of rotatable bonds is 4. The van der Waals surface area contributed by atoms with E-state index in [-0.39, 0.29) is 18.4 Å². The highest BCUT2D eigenvalue weighted by Gasteiger charge is 2.21. The Balaban J connectivity index is 2.42. The lowest BCUT2D eigenvalue weighted by molar-refractivity contribution is -0.133. The molecule has 1 rings (SSSR count). The van der Waals surface area contributed by atoms with E-state index in [4.69, 9.17) is 4.74 Å². The molecule has 0 aromatic heterocycles. The van der Waals surface area contributed by atoms with Gasteiger partial charge in [0.1, 0.15) is 5.75 Å². The Labute approximate surface area is 118 Å². The SMILES string of the molecule is COc1ccccc1NCC(=O)NNC(=O)C(C)(C)C. The summed E-state index contributed by atoms with van der Waals surface area (Å²) in [6, 6.07) is 7.28. The van der Waals surface area contributed by atoms with Crippen LogP contribution in [-0.2, 0) is 9.59 Å². The van der Waals surface area contributed by atoms with Gasteiger partial charge in [0.15, 0.2) is 0 Å². The molecule has 0 aliphatic rings. The van der Waals surface area contributed by atoms with Crippen LogP contribution in [0.25, 0.3) is 0 Å². The first-order valence-corrected chi connectivity index (χ1v) is 6.31. The molecule has 1 aromatic carbocycles. The van der Waals surface area contributed by atoms with Gasteiger partial charge < -0.3 is 10.1 Å². The molecule has 0 spiro atoms. The number of hydrogen-bond acceptors (Lipinski definition) is 4. The van der Waals surface area contributed by atoms with Gasteiger partial charge in [-0.1, -0.05) is 32.9 Å². The molecule has 20 heavy (non-hydrogen) atoms. The maximum atomic E-state index is 11.6. The molecule has 110 valence electrons. The van der Waals surface area contributed by atoms with Crippen molar-refractivity contribution >= 4 is 17.5 Å². The van der Waals surface area contributed by atoms with Crippen LogP contribution in [0.4, 0.5) is 5.69 Å². The van der Waals surface area contributed by atoms with Crippen LogP contribution in [0.3, 0.4) is 0 Å². The third kappa shape index (κ3) is 4.79. The highest BCUT2D eigenvalue weighted by atomic mass is 16.5. The van der Waals surface area contributed by atoms with E-state index >= 15 is 0 Å². The highest BCUT2D eigenvalue weighted by Crippen LogP contribution is 2.22. The van der Waals surface area contributed by atoms with Crippen molar-refractivity contribution in [2.75, 3.05) is 19.0 Å². The van der Waals surface area contributed by atoms with Gasteiger partial charge in [0.2, 0.25) is 5.91 Å². The summed E-state index contributed by atoms with van der Waals surface area (Å²) in [4.78, 5) is 23.2. The monoisotopic (exact) mass is 279 g/mol. The molecule has 0 heterocycles. The number of carbonyl (C=O) groups excluding carboxylic acids is 2. The van der Waals surface area contributed by atoms with Gasteiger partial charge in [0.25, 0.3) is 5.91 Å². The topological polar surface area (TPSA) is 79.5 Å². The third-order valence-electron chi connectivity index (χ3n) is 2.54. The number of hydrogen-bond donors (Lipinski definition) is 3. The molecular formula is C14H21N3O3. The lowest BCUT2D eigenvalue weighted by atomic mass is 9.96. The van der Waals surface area contributed by atoms with E-state index in [2.05, 4.69) is 16.2 Å². The molecule has 1 aromatic rings. The second-order valence-electron chi connectivity index (χ2n) is 5.31. The summed E-state index contributed by atoms with van der Waals surface area (Å²) < 4.78 is 5.16. The Hall–Kier alpha value is -2.24.